The first-order valence-corrected chi connectivity index (χ1v) is 7.84. The number of amides is 2. The van der Waals surface area contributed by atoms with Crippen LogP contribution in [0.25, 0.3) is 0 Å². The van der Waals surface area contributed by atoms with Crippen molar-refractivity contribution >= 4 is 27.6 Å². The Morgan fingerprint density at radius 1 is 1.14 bits per heavy atom. The fourth-order valence-electron chi connectivity index (χ4n) is 1.88. The van der Waals surface area contributed by atoms with E-state index in [9.17, 15) is 4.79 Å². The van der Waals surface area contributed by atoms with Crippen molar-refractivity contribution in [1.82, 2.24) is 5.32 Å². The number of nitrogens with one attached hydrogen (secondary N) is 2. The number of carbonyl (C=O) groups excluding carboxylic acids is 1. The van der Waals surface area contributed by atoms with Crippen LogP contribution < -0.4 is 15.4 Å². The van der Waals surface area contributed by atoms with Gasteiger partial charge in [0.1, 0.15) is 12.4 Å². The van der Waals surface area contributed by atoms with Crippen molar-refractivity contribution in [2.45, 2.75) is 13.8 Å². The Morgan fingerprint density at radius 3 is 2.68 bits per heavy atom. The van der Waals surface area contributed by atoms with Gasteiger partial charge in [0.05, 0.1) is 6.54 Å². The van der Waals surface area contributed by atoms with Gasteiger partial charge in [-0.3, -0.25) is 0 Å². The molecule has 2 N–H and O–H groups in total. The van der Waals surface area contributed by atoms with E-state index in [-0.39, 0.29) is 6.03 Å². The smallest absolute Gasteiger partial charge is 0.319 e. The normalized spacial score (nSPS) is 10.1. The summed E-state index contributed by atoms with van der Waals surface area (Å²) in [5.41, 5.74) is 3.17. The molecule has 2 rings (SSSR count). The van der Waals surface area contributed by atoms with Crippen LogP contribution >= 0.6 is 15.9 Å². The molecule has 2 aromatic rings. The Hall–Kier alpha value is -2.01. The summed E-state index contributed by atoms with van der Waals surface area (Å²) in [4.78, 5) is 11.7. The topological polar surface area (TPSA) is 50.4 Å². The minimum atomic E-state index is -0.248. The van der Waals surface area contributed by atoms with Gasteiger partial charge in [-0.25, -0.2) is 4.79 Å². The first-order chi connectivity index (χ1) is 10.5. The van der Waals surface area contributed by atoms with Gasteiger partial charge in [-0.05, 0) is 55.3 Å². The number of ether oxygens (including phenoxy) is 1. The molecule has 0 saturated carbocycles. The van der Waals surface area contributed by atoms with E-state index >= 15 is 0 Å². The molecule has 22 heavy (non-hydrogen) atoms. The maximum Gasteiger partial charge on any atom is 0.319 e. The van der Waals surface area contributed by atoms with E-state index in [2.05, 4.69) is 33.5 Å². The quantitative estimate of drug-likeness (QED) is 0.780. The Balaban J connectivity index is 1.72. The summed E-state index contributed by atoms with van der Waals surface area (Å²) in [7, 11) is 0. The van der Waals surface area contributed by atoms with Crippen LogP contribution in [0.1, 0.15) is 11.1 Å². The summed E-state index contributed by atoms with van der Waals surface area (Å²) in [6.07, 6.45) is 0. The molecule has 0 aromatic heterocycles. The molecule has 0 radical (unpaired) electrons. The lowest BCUT2D eigenvalue weighted by Gasteiger charge is -2.10. The van der Waals surface area contributed by atoms with Gasteiger partial charge >= 0.3 is 6.03 Å². The molecular formula is C17H19BrN2O2. The van der Waals surface area contributed by atoms with E-state index in [1.807, 2.05) is 49.4 Å². The molecule has 0 bridgehead atoms. The molecule has 0 aliphatic rings. The highest BCUT2D eigenvalue weighted by Gasteiger charge is 2.02. The molecular weight excluding hydrogens is 344 g/mol. The average molecular weight is 363 g/mol. The van der Waals surface area contributed by atoms with Gasteiger partial charge in [0.25, 0.3) is 0 Å². The van der Waals surface area contributed by atoms with Crippen molar-refractivity contribution in [3.63, 3.8) is 0 Å². The molecule has 0 aliphatic heterocycles. The number of halogens is 1. The molecule has 0 aliphatic carbocycles. The van der Waals surface area contributed by atoms with Crippen molar-refractivity contribution in [2.75, 3.05) is 18.5 Å². The highest BCUT2D eigenvalue weighted by Crippen LogP contribution is 2.16. The minimum Gasteiger partial charge on any atom is -0.492 e. The largest absolute Gasteiger partial charge is 0.492 e. The molecule has 2 aromatic carbocycles. The Morgan fingerprint density at radius 2 is 1.95 bits per heavy atom. The van der Waals surface area contributed by atoms with Crippen molar-refractivity contribution in [3.8, 4) is 5.75 Å². The van der Waals surface area contributed by atoms with E-state index in [1.165, 1.54) is 11.1 Å². The SMILES string of the molecule is Cc1ccc(OCCNC(=O)Nc2cccc(Br)c2)cc1C. The number of carbonyl (C=O) groups is 1. The van der Waals surface area contributed by atoms with Gasteiger partial charge < -0.3 is 15.4 Å². The van der Waals surface area contributed by atoms with Crippen LogP contribution in [-0.2, 0) is 0 Å². The van der Waals surface area contributed by atoms with Gasteiger partial charge in [-0.15, -0.1) is 0 Å². The van der Waals surface area contributed by atoms with Crippen molar-refractivity contribution < 1.29 is 9.53 Å². The summed E-state index contributed by atoms with van der Waals surface area (Å²) in [5, 5.41) is 5.52. The second-order valence-electron chi connectivity index (χ2n) is 4.99. The number of urea groups is 1. The first kappa shape index (κ1) is 16.4. The third-order valence-electron chi connectivity index (χ3n) is 3.22. The zero-order chi connectivity index (χ0) is 15.9. The highest BCUT2D eigenvalue weighted by atomic mass is 79.9. The number of benzene rings is 2. The van der Waals surface area contributed by atoms with Crippen LogP contribution in [0.5, 0.6) is 5.75 Å². The van der Waals surface area contributed by atoms with Gasteiger partial charge in [0.2, 0.25) is 0 Å². The fourth-order valence-corrected chi connectivity index (χ4v) is 2.28. The third kappa shape index (κ3) is 5.07. The number of aryl methyl sites for hydroxylation is 2. The maximum absolute atomic E-state index is 11.7. The molecule has 2 amide bonds. The molecule has 0 unspecified atom stereocenters. The van der Waals surface area contributed by atoms with E-state index in [1.54, 1.807) is 0 Å². The van der Waals surface area contributed by atoms with Crippen molar-refractivity contribution in [2.24, 2.45) is 0 Å². The zero-order valence-corrected chi connectivity index (χ0v) is 14.2. The third-order valence-corrected chi connectivity index (χ3v) is 3.71. The lowest BCUT2D eigenvalue weighted by Crippen LogP contribution is -2.32. The Bertz CT molecular complexity index is 659. The van der Waals surface area contributed by atoms with Gasteiger partial charge in [0, 0.05) is 10.2 Å². The van der Waals surface area contributed by atoms with E-state index in [0.29, 0.717) is 13.2 Å². The van der Waals surface area contributed by atoms with Crippen LogP contribution in [0.4, 0.5) is 10.5 Å². The van der Waals surface area contributed by atoms with Crippen LogP contribution in [0.2, 0.25) is 0 Å². The van der Waals surface area contributed by atoms with E-state index in [4.69, 9.17) is 4.74 Å². The minimum absolute atomic E-state index is 0.248. The fraction of sp³-hybridized carbons (Fsp3) is 0.235. The molecule has 116 valence electrons. The van der Waals surface area contributed by atoms with Crippen LogP contribution in [-0.4, -0.2) is 19.2 Å². The Kier molecular flexibility index (Phi) is 5.83. The summed E-state index contributed by atoms with van der Waals surface area (Å²) in [6.45, 7) is 4.97. The lowest BCUT2D eigenvalue weighted by atomic mass is 10.1. The number of hydrogen-bond donors (Lipinski definition) is 2. The second-order valence-corrected chi connectivity index (χ2v) is 5.90. The predicted octanol–water partition coefficient (Wildman–Crippen LogP) is 4.27. The molecule has 4 nitrogen and oxygen atoms in total. The van der Waals surface area contributed by atoms with E-state index < -0.39 is 0 Å². The van der Waals surface area contributed by atoms with Crippen LogP contribution in [0, 0.1) is 13.8 Å². The van der Waals surface area contributed by atoms with Crippen molar-refractivity contribution in [3.05, 3.63) is 58.1 Å². The number of anilines is 1. The summed E-state index contributed by atoms with van der Waals surface area (Å²) in [5.74, 6) is 0.817. The lowest BCUT2D eigenvalue weighted by molar-refractivity contribution is 0.247. The summed E-state index contributed by atoms with van der Waals surface area (Å²) in [6, 6.07) is 13.1. The number of hydrogen-bond acceptors (Lipinski definition) is 2. The molecule has 0 saturated heterocycles. The van der Waals surface area contributed by atoms with Crippen LogP contribution in [0.15, 0.2) is 46.9 Å². The summed E-state index contributed by atoms with van der Waals surface area (Å²) < 4.78 is 6.53. The Labute approximate surface area is 139 Å². The molecule has 0 heterocycles. The average Bonchev–Trinajstić information content (AvgIpc) is 2.47. The number of rotatable bonds is 5. The molecule has 0 atom stereocenters. The molecule has 5 heteroatoms. The van der Waals surface area contributed by atoms with Gasteiger partial charge in [0.15, 0.2) is 0 Å². The van der Waals surface area contributed by atoms with Crippen molar-refractivity contribution in [1.29, 1.82) is 0 Å². The standard InChI is InChI=1S/C17H19BrN2O2/c1-12-6-7-16(10-13(12)2)22-9-8-19-17(21)20-15-5-3-4-14(18)11-15/h3-7,10-11H,8-9H2,1-2H3,(H2,19,20,21). The molecule has 0 fully saturated rings. The second kappa shape index (κ2) is 7.84. The predicted molar refractivity (Wildman–Crippen MR) is 92.6 cm³/mol. The maximum atomic E-state index is 11.7. The monoisotopic (exact) mass is 362 g/mol. The van der Waals surface area contributed by atoms with Crippen LogP contribution in [0.3, 0.4) is 0 Å². The van der Waals surface area contributed by atoms with Gasteiger partial charge in [-0.2, -0.15) is 0 Å². The zero-order valence-electron chi connectivity index (χ0n) is 12.7. The van der Waals surface area contributed by atoms with Gasteiger partial charge in [-0.1, -0.05) is 28.1 Å². The summed E-state index contributed by atoms with van der Waals surface area (Å²) >= 11 is 3.36. The van der Waals surface area contributed by atoms with E-state index in [0.717, 1.165) is 15.9 Å². The highest BCUT2D eigenvalue weighted by molar-refractivity contribution is 9.10. The first-order valence-electron chi connectivity index (χ1n) is 7.05. The molecule has 0 spiro atoms.